The molecule has 2 fully saturated rings. The molecule has 0 aliphatic carbocycles. The van der Waals surface area contributed by atoms with Gasteiger partial charge in [-0.05, 0) is 50.2 Å². The minimum atomic E-state index is -0.347. The number of amides is 2. The monoisotopic (exact) mass is 347 g/mol. The van der Waals surface area contributed by atoms with Gasteiger partial charge in [-0.3, -0.25) is 14.5 Å². The second-order valence-corrected chi connectivity index (χ2v) is 6.76. The third kappa shape index (κ3) is 4.00. The number of carbonyl (C=O) groups is 2. The van der Waals surface area contributed by atoms with Crippen molar-refractivity contribution in [2.24, 2.45) is 0 Å². The molecule has 0 saturated carbocycles. The Morgan fingerprint density at radius 3 is 2.28 bits per heavy atom. The van der Waals surface area contributed by atoms with Gasteiger partial charge < -0.3 is 9.80 Å². The standard InChI is InChI=1S/C19H26FN3O2/c1-2-21-10-4-3-5-17(21)19(25)23-13-11-22(12-14-23)18(24)15-6-8-16(20)9-7-15/h6-9,17H,2-5,10-14H2,1H3/t17-/m0/s1. The van der Waals surface area contributed by atoms with Gasteiger partial charge in [-0.15, -0.1) is 0 Å². The highest BCUT2D eigenvalue weighted by Gasteiger charge is 2.33. The molecule has 6 heteroatoms. The van der Waals surface area contributed by atoms with Crippen LogP contribution in [-0.2, 0) is 4.79 Å². The Hall–Kier alpha value is -1.95. The molecule has 2 amide bonds. The van der Waals surface area contributed by atoms with E-state index in [9.17, 15) is 14.0 Å². The summed E-state index contributed by atoms with van der Waals surface area (Å²) in [5.74, 6) is -0.240. The summed E-state index contributed by atoms with van der Waals surface area (Å²) in [5.41, 5.74) is 0.491. The fourth-order valence-electron chi connectivity index (χ4n) is 3.76. The molecule has 0 spiro atoms. The zero-order chi connectivity index (χ0) is 17.8. The normalized spacial score (nSPS) is 22.1. The van der Waals surface area contributed by atoms with Crippen molar-refractivity contribution < 1.29 is 14.0 Å². The number of halogens is 1. The first-order valence-corrected chi connectivity index (χ1v) is 9.18. The van der Waals surface area contributed by atoms with Crippen molar-refractivity contribution in [3.05, 3.63) is 35.6 Å². The highest BCUT2D eigenvalue weighted by molar-refractivity contribution is 5.94. The molecular weight excluding hydrogens is 321 g/mol. The van der Waals surface area contributed by atoms with Crippen LogP contribution in [0.1, 0.15) is 36.5 Å². The largest absolute Gasteiger partial charge is 0.338 e. The quantitative estimate of drug-likeness (QED) is 0.840. The van der Waals surface area contributed by atoms with E-state index in [2.05, 4.69) is 11.8 Å². The predicted molar refractivity (Wildman–Crippen MR) is 93.8 cm³/mol. The smallest absolute Gasteiger partial charge is 0.253 e. The van der Waals surface area contributed by atoms with Crippen molar-refractivity contribution in [3.63, 3.8) is 0 Å². The van der Waals surface area contributed by atoms with Gasteiger partial charge in [0.15, 0.2) is 0 Å². The number of likely N-dealkylation sites (tertiary alicyclic amines) is 1. The number of hydrogen-bond acceptors (Lipinski definition) is 3. The molecule has 1 aromatic rings. The molecular formula is C19H26FN3O2. The lowest BCUT2D eigenvalue weighted by atomic mass is 10.0. The van der Waals surface area contributed by atoms with Gasteiger partial charge in [-0.25, -0.2) is 4.39 Å². The number of rotatable bonds is 3. The van der Waals surface area contributed by atoms with Gasteiger partial charge in [-0.1, -0.05) is 13.3 Å². The minimum absolute atomic E-state index is 0.00176. The van der Waals surface area contributed by atoms with Gasteiger partial charge in [-0.2, -0.15) is 0 Å². The number of likely N-dealkylation sites (N-methyl/N-ethyl adjacent to an activating group) is 1. The molecule has 25 heavy (non-hydrogen) atoms. The number of hydrogen-bond donors (Lipinski definition) is 0. The fraction of sp³-hybridized carbons (Fsp3) is 0.579. The van der Waals surface area contributed by atoms with Crippen LogP contribution < -0.4 is 0 Å². The molecule has 0 aromatic heterocycles. The van der Waals surface area contributed by atoms with Crippen molar-refractivity contribution in [2.75, 3.05) is 39.3 Å². The first kappa shape index (κ1) is 17.9. The predicted octanol–water partition coefficient (Wildman–Crippen LogP) is 1.98. The van der Waals surface area contributed by atoms with E-state index in [1.54, 1.807) is 4.90 Å². The van der Waals surface area contributed by atoms with Crippen LogP contribution in [0.2, 0.25) is 0 Å². The first-order valence-electron chi connectivity index (χ1n) is 9.18. The zero-order valence-electron chi connectivity index (χ0n) is 14.8. The lowest BCUT2D eigenvalue weighted by Gasteiger charge is -2.40. The highest BCUT2D eigenvalue weighted by Crippen LogP contribution is 2.20. The number of piperidine rings is 1. The van der Waals surface area contributed by atoms with E-state index in [1.165, 1.54) is 24.3 Å². The highest BCUT2D eigenvalue weighted by atomic mass is 19.1. The maximum absolute atomic E-state index is 13.0. The second kappa shape index (κ2) is 7.95. The zero-order valence-corrected chi connectivity index (χ0v) is 14.8. The molecule has 136 valence electrons. The van der Waals surface area contributed by atoms with E-state index in [0.29, 0.717) is 31.7 Å². The molecule has 2 saturated heterocycles. The average Bonchev–Trinajstić information content (AvgIpc) is 2.67. The summed E-state index contributed by atoms with van der Waals surface area (Å²) in [6.45, 7) is 6.20. The summed E-state index contributed by atoms with van der Waals surface area (Å²) in [4.78, 5) is 31.2. The van der Waals surface area contributed by atoms with E-state index >= 15 is 0 Å². The lowest BCUT2D eigenvalue weighted by Crippen LogP contribution is -2.56. The van der Waals surface area contributed by atoms with E-state index in [-0.39, 0.29) is 23.7 Å². The van der Waals surface area contributed by atoms with Gasteiger partial charge in [0, 0.05) is 31.7 Å². The van der Waals surface area contributed by atoms with Crippen molar-refractivity contribution in [1.82, 2.24) is 14.7 Å². The summed E-state index contributed by atoms with van der Waals surface area (Å²) in [5, 5.41) is 0. The maximum Gasteiger partial charge on any atom is 0.253 e. The molecule has 2 aliphatic heterocycles. The van der Waals surface area contributed by atoms with Crippen molar-refractivity contribution >= 4 is 11.8 Å². The molecule has 3 rings (SSSR count). The van der Waals surface area contributed by atoms with E-state index in [0.717, 1.165) is 32.4 Å². The number of piperazine rings is 1. The SMILES string of the molecule is CCN1CCCC[C@H]1C(=O)N1CCN(C(=O)c2ccc(F)cc2)CC1. The van der Waals surface area contributed by atoms with Crippen LogP contribution in [0.5, 0.6) is 0 Å². The molecule has 0 radical (unpaired) electrons. The molecule has 5 nitrogen and oxygen atoms in total. The Balaban J connectivity index is 1.56. The molecule has 2 heterocycles. The molecule has 0 N–H and O–H groups in total. The third-order valence-corrected chi connectivity index (χ3v) is 5.27. The van der Waals surface area contributed by atoms with E-state index in [4.69, 9.17) is 0 Å². The Labute approximate surface area is 148 Å². The minimum Gasteiger partial charge on any atom is -0.338 e. The summed E-state index contributed by atoms with van der Waals surface area (Å²) < 4.78 is 13.0. The Bertz CT molecular complexity index is 612. The first-order chi connectivity index (χ1) is 12.1. The van der Waals surface area contributed by atoms with Crippen LogP contribution in [0, 0.1) is 5.82 Å². The molecule has 2 aliphatic rings. The molecule has 1 aromatic carbocycles. The second-order valence-electron chi connectivity index (χ2n) is 6.76. The third-order valence-electron chi connectivity index (χ3n) is 5.27. The van der Waals surface area contributed by atoms with Crippen molar-refractivity contribution in [2.45, 2.75) is 32.2 Å². The Kier molecular flexibility index (Phi) is 5.68. The van der Waals surface area contributed by atoms with Crippen molar-refractivity contribution in [1.29, 1.82) is 0 Å². The van der Waals surface area contributed by atoms with Crippen LogP contribution in [0.15, 0.2) is 24.3 Å². The average molecular weight is 347 g/mol. The Morgan fingerprint density at radius 2 is 1.64 bits per heavy atom. The lowest BCUT2D eigenvalue weighted by molar-refractivity contribution is -0.139. The van der Waals surface area contributed by atoms with Gasteiger partial charge in [0.2, 0.25) is 5.91 Å². The Morgan fingerprint density at radius 1 is 1.00 bits per heavy atom. The maximum atomic E-state index is 13.0. The number of nitrogens with zero attached hydrogens (tertiary/aromatic N) is 3. The number of carbonyl (C=O) groups excluding carboxylic acids is 2. The van der Waals surface area contributed by atoms with Gasteiger partial charge in [0.25, 0.3) is 5.91 Å². The van der Waals surface area contributed by atoms with Crippen LogP contribution in [0.3, 0.4) is 0 Å². The summed E-state index contributed by atoms with van der Waals surface area (Å²) in [6.07, 6.45) is 3.20. The van der Waals surface area contributed by atoms with Crippen LogP contribution in [-0.4, -0.2) is 71.8 Å². The molecule has 1 atom stereocenters. The van der Waals surface area contributed by atoms with Crippen LogP contribution in [0.25, 0.3) is 0 Å². The van der Waals surface area contributed by atoms with Crippen molar-refractivity contribution in [3.8, 4) is 0 Å². The van der Waals surface area contributed by atoms with Crippen LogP contribution in [0.4, 0.5) is 4.39 Å². The topological polar surface area (TPSA) is 43.9 Å². The summed E-state index contributed by atoms with van der Waals surface area (Å²) in [7, 11) is 0. The van der Waals surface area contributed by atoms with Gasteiger partial charge in [0.1, 0.15) is 5.82 Å². The van der Waals surface area contributed by atoms with Gasteiger partial charge >= 0.3 is 0 Å². The fourth-order valence-corrected chi connectivity index (χ4v) is 3.76. The van der Waals surface area contributed by atoms with Crippen LogP contribution >= 0.6 is 0 Å². The van der Waals surface area contributed by atoms with E-state index in [1.807, 2.05) is 4.90 Å². The molecule has 0 unspecified atom stereocenters. The summed E-state index contributed by atoms with van der Waals surface area (Å²) in [6, 6.07) is 5.62. The molecule has 0 bridgehead atoms. The van der Waals surface area contributed by atoms with E-state index < -0.39 is 0 Å². The summed E-state index contributed by atoms with van der Waals surface area (Å²) >= 11 is 0. The van der Waals surface area contributed by atoms with Gasteiger partial charge in [0.05, 0.1) is 6.04 Å². The number of benzene rings is 1.